The number of fused-ring (bicyclic) bond motifs is 1. The van der Waals surface area contributed by atoms with E-state index in [2.05, 4.69) is 15.6 Å². The maximum Gasteiger partial charge on any atom is 0.231 e. The van der Waals surface area contributed by atoms with Gasteiger partial charge in [0.1, 0.15) is 0 Å². The number of thiazole rings is 1. The molecule has 0 saturated heterocycles. The molecule has 0 saturated carbocycles. The Bertz CT molecular complexity index is 714. The summed E-state index contributed by atoms with van der Waals surface area (Å²) >= 11 is 1.37. The van der Waals surface area contributed by atoms with Crippen LogP contribution in [0.1, 0.15) is 33.6 Å². The second-order valence-electron chi connectivity index (χ2n) is 5.53. The highest BCUT2D eigenvalue weighted by molar-refractivity contribution is 7.22. The van der Waals surface area contributed by atoms with Crippen molar-refractivity contribution in [2.75, 3.05) is 17.2 Å². The normalized spacial score (nSPS) is 11.5. The van der Waals surface area contributed by atoms with E-state index < -0.39 is 5.41 Å². The summed E-state index contributed by atoms with van der Waals surface area (Å²) in [5.41, 5.74) is 6.77. The lowest BCUT2D eigenvalue weighted by Gasteiger charge is -2.28. The van der Waals surface area contributed by atoms with E-state index in [1.54, 1.807) is 0 Å². The molecule has 23 heavy (non-hydrogen) atoms. The van der Waals surface area contributed by atoms with E-state index in [1.807, 2.05) is 32.0 Å². The molecule has 4 N–H and O–H groups in total. The molecule has 1 aromatic heterocycles. The molecule has 0 aliphatic rings. The average Bonchev–Trinajstić information content (AvgIpc) is 2.90. The molecule has 2 amide bonds. The highest BCUT2D eigenvalue weighted by Crippen LogP contribution is 2.30. The van der Waals surface area contributed by atoms with Crippen molar-refractivity contribution in [2.24, 2.45) is 11.1 Å². The Balaban J connectivity index is 2.23. The highest BCUT2D eigenvalue weighted by Gasteiger charge is 2.33. The maximum atomic E-state index is 12.6. The fourth-order valence-corrected chi connectivity index (χ4v) is 3.37. The standard InChI is InChI=1S/C16H22N4O2S/c1-4-16(5-2,9-17)14(22)19-11-6-7-12-13(8-11)23-15(20-12)18-10(3)21/h6-8H,4-5,9,17H2,1-3H3,(H,19,22)(H,18,20,21). The van der Waals surface area contributed by atoms with Crippen molar-refractivity contribution in [1.29, 1.82) is 0 Å². The Morgan fingerprint density at radius 2 is 1.96 bits per heavy atom. The molecule has 124 valence electrons. The molecule has 7 heteroatoms. The Labute approximate surface area is 139 Å². The van der Waals surface area contributed by atoms with Crippen LogP contribution in [0.25, 0.3) is 10.2 Å². The molecule has 6 nitrogen and oxygen atoms in total. The van der Waals surface area contributed by atoms with Crippen molar-refractivity contribution in [2.45, 2.75) is 33.6 Å². The van der Waals surface area contributed by atoms with Crippen molar-refractivity contribution < 1.29 is 9.59 Å². The molecule has 0 atom stereocenters. The number of nitrogens with zero attached hydrogens (tertiary/aromatic N) is 1. The van der Waals surface area contributed by atoms with Gasteiger partial charge in [-0.15, -0.1) is 0 Å². The molecule has 0 spiro atoms. The van der Waals surface area contributed by atoms with Gasteiger partial charge in [0.25, 0.3) is 0 Å². The van der Waals surface area contributed by atoms with Crippen LogP contribution in [-0.4, -0.2) is 23.3 Å². The van der Waals surface area contributed by atoms with E-state index in [0.717, 1.165) is 10.2 Å². The molecule has 2 aromatic rings. The molecule has 1 aromatic carbocycles. The lowest BCUT2D eigenvalue weighted by molar-refractivity contribution is -0.125. The first-order chi connectivity index (χ1) is 10.9. The third-order valence-corrected chi connectivity index (χ3v) is 5.09. The van der Waals surface area contributed by atoms with Crippen molar-refractivity contribution in [3.05, 3.63) is 18.2 Å². The summed E-state index contributed by atoms with van der Waals surface area (Å²) in [6.45, 7) is 5.71. The number of amides is 2. The molecule has 2 rings (SSSR count). The summed E-state index contributed by atoms with van der Waals surface area (Å²) in [6, 6.07) is 5.50. The number of aromatic nitrogens is 1. The first-order valence-electron chi connectivity index (χ1n) is 7.63. The van der Waals surface area contributed by atoms with Crippen LogP contribution in [0, 0.1) is 5.41 Å². The Hall–Kier alpha value is -1.99. The van der Waals surface area contributed by atoms with Crippen LogP contribution in [0.3, 0.4) is 0 Å². The molecular weight excluding hydrogens is 312 g/mol. The predicted octanol–water partition coefficient (Wildman–Crippen LogP) is 2.96. The van der Waals surface area contributed by atoms with E-state index >= 15 is 0 Å². The zero-order chi connectivity index (χ0) is 17.0. The smallest absolute Gasteiger partial charge is 0.231 e. The summed E-state index contributed by atoms with van der Waals surface area (Å²) in [5, 5.41) is 6.17. The van der Waals surface area contributed by atoms with Crippen molar-refractivity contribution in [3.8, 4) is 0 Å². The van der Waals surface area contributed by atoms with Crippen LogP contribution >= 0.6 is 11.3 Å². The third-order valence-electron chi connectivity index (χ3n) is 4.16. The molecule has 0 unspecified atom stereocenters. The van der Waals surface area contributed by atoms with Gasteiger partial charge in [0, 0.05) is 19.2 Å². The Morgan fingerprint density at radius 3 is 2.52 bits per heavy atom. The van der Waals surface area contributed by atoms with Crippen LogP contribution < -0.4 is 16.4 Å². The van der Waals surface area contributed by atoms with Crippen LogP contribution in [0.15, 0.2) is 18.2 Å². The van der Waals surface area contributed by atoms with E-state index in [9.17, 15) is 9.59 Å². The van der Waals surface area contributed by atoms with Gasteiger partial charge in [0.2, 0.25) is 11.8 Å². The van der Waals surface area contributed by atoms with Gasteiger partial charge >= 0.3 is 0 Å². The Morgan fingerprint density at radius 1 is 1.26 bits per heavy atom. The second kappa shape index (κ2) is 7.06. The quantitative estimate of drug-likeness (QED) is 0.756. The van der Waals surface area contributed by atoms with Crippen LogP contribution in [0.2, 0.25) is 0 Å². The molecule has 0 bridgehead atoms. The summed E-state index contributed by atoms with van der Waals surface area (Å²) in [5.74, 6) is -0.216. The average molecular weight is 334 g/mol. The minimum Gasteiger partial charge on any atom is -0.329 e. The molecule has 1 heterocycles. The monoisotopic (exact) mass is 334 g/mol. The van der Waals surface area contributed by atoms with Gasteiger partial charge < -0.3 is 16.4 Å². The summed E-state index contributed by atoms with van der Waals surface area (Å²) in [4.78, 5) is 28.0. The van der Waals surface area contributed by atoms with Crippen LogP contribution in [0.5, 0.6) is 0 Å². The zero-order valence-corrected chi connectivity index (χ0v) is 14.4. The number of hydrogen-bond donors (Lipinski definition) is 3. The largest absolute Gasteiger partial charge is 0.329 e. The first-order valence-corrected chi connectivity index (χ1v) is 8.45. The fourth-order valence-electron chi connectivity index (χ4n) is 2.42. The topological polar surface area (TPSA) is 97.1 Å². The number of nitrogens with two attached hydrogens (primary N) is 1. The van der Waals surface area contributed by atoms with Gasteiger partial charge in [-0.1, -0.05) is 25.2 Å². The van der Waals surface area contributed by atoms with Crippen LogP contribution in [0.4, 0.5) is 10.8 Å². The van der Waals surface area contributed by atoms with E-state index in [0.29, 0.717) is 30.2 Å². The summed E-state index contributed by atoms with van der Waals surface area (Å²) in [6.07, 6.45) is 1.39. The summed E-state index contributed by atoms with van der Waals surface area (Å²) in [7, 11) is 0. The van der Waals surface area contributed by atoms with Crippen molar-refractivity contribution in [1.82, 2.24) is 4.98 Å². The van der Waals surface area contributed by atoms with Gasteiger partial charge in [0.15, 0.2) is 5.13 Å². The van der Waals surface area contributed by atoms with Gasteiger partial charge in [-0.2, -0.15) is 0 Å². The lowest BCUT2D eigenvalue weighted by Crippen LogP contribution is -2.41. The van der Waals surface area contributed by atoms with Gasteiger partial charge in [-0.05, 0) is 31.0 Å². The minimum atomic E-state index is -0.538. The van der Waals surface area contributed by atoms with Crippen molar-refractivity contribution >= 4 is 44.2 Å². The zero-order valence-electron chi connectivity index (χ0n) is 13.6. The molecule has 0 radical (unpaired) electrons. The molecule has 0 aliphatic carbocycles. The van der Waals surface area contributed by atoms with Gasteiger partial charge in [-0.25, -0.2) is 4.98 Å². The first kappa shape index (κ1) is 17.4. The number of carbonyl (C=O) groups excluding carboxylic acids is 2. The molecule has 0 fully saturated rings. The fraction of sp³-hybridized carbons (Fsp3) is 0.438. The van der Waals surface area contributed by atoms with E-state index in [4.69, 9.17) is 5.73 Å². The second-order valence-corrected chi connectivity index (χ2v) is 6.56. The molecular formula is C16H22N4O2S. The lowest BCUT2D eigenvalue weighted by atomic mass is 9.81. The highest BCUT2D eigenvalue weighted by atomic mass is 32.1. The minimum absolute atomic E-state index is 0.0593. The predicted molar refractivity (Wildman–Crippen MR) is 94.6 cm³/mol. The number of nitrogens with one attached hydrogen (secondary N) is 2. The van der Waals surface area contributed by atoms with Gasteiger partial charge in [-0.3, -0.25) is 9.59 Å². The number of hydrogen-bond acceptors (Lipinski definition) is 5. The van der Waals surface area contributed by atoms with E-state index in [1.165, 1.54) is 18.3 Å². The Kier molecular flexibility index (Phi) is 5.33. The SMILES string of the molecule is CCC(CC)(CN)C(=O)Nc1ccc2nc(NC(C)=O)sc2c1. The maximum absolute atomic E-state index is 12.6. The number of benzene rings is 1. The summed E-state index contributed by atoms with van der Waals surface area (Å²) < 4.78 is 0.901. The van der Waals surface area contributed by atoms with E-state index in [-0.39, 0.29) is 11.8 Å². The number of rotatable bonds is 6. The van der Waals surface area contributed by atoms with Crippen LogP contribution in [-0.2, 0) is 9.59 Å². The number of anilines is 2. The molecule has 0 aliphatic heterocycles. The third kappa shape index (κ3) is 3.68. The number of carbonyl (C=O) groups is 2. The van der Waals surface area contributed by atoms with Crippen molar-refractivity contribution in [3.63, 3.8) is 0 Å². The van der Waals surface area contributed by atoms with Gasteiger partial charge in [0.05, 0.1) is 15.6 Å².